The van der Waals surface area contributed by atoms with Crippen LogP contribution in [0.4, 0.5) is 0 Å². The summed E-state index contributed by atoms with van der Waals surface area (Å²) in [5.74, 6) is 0.787. The molecule has 26 heavy (non-hydrogen) atoms. The maximum absolute atomic E-state index is 12.7. The molecule has 1 aromatic carbocycles. The predicted octanol–water partition coefficient (Wildman–Crippen LogP) is 3.11. The number of ether oxygens (including phenoxy) is 2. The van der Waals surface area contributed by atoms with Crippen molar-refractivity contribution in [2.75, 3.05) is 13.2 Å². The summed E-state index contributed by atoms with van der Waals surface area (Å²) in [6.45, 7) is 5.89. The molecule has 1 aliphatic heterocycles. The quantitative estimate of drug-likeness (QED) is 0.820. The predicted molar refractivity (Wildman–Crippen MR) is 105 cm³/mol. The highest BCUT2D eigenvalue weighted by atomic mass is 35.5. The summed E-state index contributed by atoms with van der Waals surface area (Å²) in [5.41, 5.74) is 8.09. The lowest BCUT2D eigenvalue weighted by molar-refractivity contribution is -0.128. The van der Waals surface area contributed by atoms with Crippen molar-refractivity contribution < 1.29 is 14.3 Å². The van der Waals surface area contributed by atoms with E-state index in [0.717, 1.165) is 55.6 Å². The first-order valence-corrected chi connectivity index (χ1v) is 9.36. The van der Waals surface area contributed by atoms with Crippen LogP contribution in [-0.2, 0) is 16.1 Å². The van der Waals surface area contributed by atoms with Gasteiger partial charge in [0.05, 0.1) is 19.1 Å². The zero-order valence-corrected chi connectivity index (χ0v) is 16.6. The Hall–Kier alpha value is -1.30. The summed E-state index contributed by atoms with van der Waals surface area (Å²) >= 11 is 0. The van der Waals surface area contributed by atoms with Crippen LogP contribution in [0.1, 0.15) is 50.2 Å². The number of halogens is 1. The van der Waals surface area contributed by atoms with Crippen LogP contribution in [-0.4, -0.2) is 30.8 Å². The third-order valence-corrected chi connectivity index (χ3v) is 5.43. The van der Waals surface area contributed by atoms with Crippen LogP contribution in [0.3, 0.4) is 0 Å². The zero-order valence-electron chi connectivity index (χ0n) is 15.8. The molecule has 1 saturated carbocycles. The van der Waals surface area contributed by atoms with E-state index >= 15 is 0 Å². The number of amides is 1. The molecule has 2 fully saturated rings. The Balaban J connectivity index is 0.00000243. The van der Waals surface area contributed by atoms with Gasteiger partial charge in [0, 0.05) is 24.1 Å². The molecule has 1 heterocycles. The van der Waals surface area contributed by atoms with Crippen molar-refractivity contribution in [2.45, 2.75) is 64.1 Å². The monoisotopic (exact) mass is 382 g/mol. The molecule has 1 aromatic rings. The lowest BCUT2D eigenvalue weighted by Gasteiger charge is -2.37. The minimum Gasteiger partial charge on any atom is -0.488 e. The Kier molecular flexibility index (Phi) is 7.33. The SMILES string of the molecule is Cc1ccc(CNC(=O)C2CCCCC2(C)N)c(OC2CCOC2)c1.Cl. The van der Waals surface area contributed by atoms with E-state index in [9.17, 15) is 4.79 Å². The maximum Gasteiger partial charge on any atom is 0.225 e. The molecule has 3 unspecified atom stereocenters. The molecule has 0 aromatic heterocycles. The van der Waals surface area contributed by atoms with Crippen molar-refractivity contribution in [1.82, 2.24) is 5.32 Å². The second kappa shape index (κ2) is 9.07. The van der Waals surface area contributed by atoms with Crippen LogP contribution >= 0.6 is 12.4 Å². The summed E-state index contributed by atoms with van der Waals surface area (Å²) < 4.78 is 11.5. The average molecular weight is 383 g/mol. The Bertz CT molecular complexity index is 615. The molecular weight excluding hydrogens is 352 g/mol. The van der Waals surface area contributed by atoms with Gasteiger partial charge in [-0.05, 0) is 38.3 Å². The number of benzene rings is 1. The standard InChI is InChI=1S/C20H30N2O3.ClH/c1-14-6-7-15(18(11-14)25-16-8-10-24-13-16)12-22-19(23)17-5-3-4-9-20(17,2)21;/h6-7,11,16-17H,3-5,8-10,12-13,21H2,1-2H3,(H,22,23);1H. The van der Waals surface area contributed by atoms with E-state index in [2.05, 4.69) is 5.32 Å². The summed E-state index contributed by atoms with van der Waals surface area (Å²) in [6.07, 6.45) is 4.97. The molecular formula is C20H31ClN2O3. The second-order valence-corrected chi connectivity index (χ2v) is 7.74. The highest BCUT2D eigenvalue weighted by molar-refractivity contribution is 5.85. The average Bonchev–Trinajstić information content (AvgIpc) is 3.06. The summed E-state index contributed by atoms with van der Waals surface area (Å²) in [4.78, 5) is 12.7. The van der Waals surface area contributed by atoms with Crippen molar-refractivity contribution in [2.24, 2.45) is 11.7 Å². The molecule has 2 aliphatic rings. The minimum absolute atomic E-state index is 0. The van der Waals surface area contributed by atoms with Gasteiger partial charge in [0.15, 0.2) is 0 Å². The number of hydrogen-bond donors (Lipinski definition) is 2. The van der Waals surface area contributed by atoms with Gasteiger partial charge in [-0.15, -0.1) is 12.4 Å². The van der Waals surface area contributed by atoms with Crippen LogP contribution < -0.4 is 15.8 Å². The fourth-order valence-electron chi connectivity index (χ4n) is 3.80. The zero-order chi connectivity index (χ0) is 17.9. The summed E-state index contributed by atoms with van der Waals surface area (Å²) in [5, 5.41) is 3.08. The third kappa shape index (κ3) is 5.12. The number of rotatable bonds is 5. The van der Waals surface area contributed by atoms with Crippen molar-refractivity contribution in [3.8, 4) is 5.75 Å². The van der Waals surface area contributed by atoms with Crippen LogP contribution in [0.15, 0.2) is 18.2 Å². The van der Waals surface area contributed by atoms with Gasteiger partial charge in [0.2, 0.25) is 5.91 Å². The van der Waals surface area contributed by atoms with Gasteiger partial charge < -0.3 is 20.5 Å². The van der Waals surface area contributed by atoms with Gasteiger partial charge in [0.25, 0.3) is 0 Å². The Morgan fingerprint density at radius 2 is 2.19 bits per heavy atom. The molecule has 1 saturated heterocycles. The van der Waals surface area contributed by atoms with E-state index in [1.165, 1.54) is 0 Å². The third-order valence-electron chi connectivity index (χ3n) is 5.43. The molecule has 146 valence electrons. The molecule has 5 nitrogen and oxygen atoms in total. The van der Waals surface area contributed by atoms with Gasteiger partial charge in [0.1, 0.15) is 11.9 Å². The first-order valence-electron chi connectivity index (χ1n) is 9.36. The highest BCUT2D eigenvalue weighted by Crippen LogP contribution is 2.32. The van der Waals surface area contributed by atoms with Gasteiger partial charge in [-0.3, -0.25) is 4.79 Å². The fourth-order valence-corrected chi connectivity index (χ4v) is 3.80. The van der Waals surface area contributed by atoms with Crippen molar-refractivity contribution >= 4 is 18.3 Å². The van der Waals surface area contributed by atoms with E-state index in [1.54, 1.807) is 0 Å². The first kappa shape index (κ1) is 21.0. The van der Waals surface area contributed by atoms with Crippen LogP contribution in [0.25, 0.3) is 0 Å². The minimum atomic E-state index is -0.407. The molecule has 3 atom stereocenters. The normalized spacial score (nSPS) is 28.3. The fraction of sp³-hybridized carbons (Fsp3) is 0.650. The van der Waals surface area contributed by atoms with Gasteiger partial charge in [-0.1, -0.05) is 25.0 Å². The molecule has 3 rings (SSSR count). The van der Waals surface area contributed by atoms with Gasteiger partial charge >= 0.3 is 0 Å². The highest BCUT2D eigenvalue weighted by Gasteiger charge is 2.37. The summed E-state index contributed by atoms with van der Waals surface area (Å²) in [7, 11) is 0. The van der Waals surface area contributed by atoms with E-state index < -0.39 is 5.54 Å². The molecule has 0 spiro atoms. The van der Waals surface area contributed by atoms with E-state index in [-0.39, 0.29) is 30.3 Å². The lowest BCUT2D eigenvalue weighted by Crippen LogP contribution is -2.52. The maximum atomic E-state index is 12.7. The van der Waals surface area contributed by atoms with Gasteiger partial charge in [-0.2, -0.15) is 0 Å². The van der Waals surface area contributed by atoms with E-state index in [0.29, 0.717) is 13.2 Å². The molecule has 0 bridgehead atoms. The number of nitrogens with two attached hydrogens (primary N) is 1. The van der Waals surface area contributed by atoms with E-state index in [1.807, 2.05) is 32.0 Å². The Morgan fingerprint density at radius 3 is 2.88 bits per heavy atom. The van der Waals surface area contributed by atoms with Crippen LogP contribution in [0.2, 0.25) is 0 Å². The first-order chi connectivity index (χ1) is 12.0. The molecule has 6 heteroatoms. The van der Waals surface area contributed by atoms with Crippen LogP contribution in [0.5, 0.6) is 5.75 Å². The largest absolute Gasteiger partial charge is 0.488 e. The van der Waals surface area contributed by atoms with Crippen molar-refractivity contribution in [3.63, 3.8) is 0 Å². The van der Waals surface area contributed by atoms with E-state index in [4.69, 9.17) is 15.2 Å². The Labute approximate surface area is 162 Å². The molecule has 0 radical (unpaired) electrons. The number of aryl methyl sites for hydroxylation is 1. The second-order valence-electron chi connectivity index (χ2n) is 7.74. The van der Waals surface area contributed by atoms with Crippen molar-refractivity contribution in [1.29, 1.82) is 0 Å². The molecule has 1 amide bonds. The molecule has 1 aliphatic carbocycles. The van der Waals surface area contributed by atoms with Crippen molar-refractivity contribution in [3.05, 3.63) is 29.3 Å². The topological polar surface area (TPSA) is 73.6 Å². The lowest BCUT2D eigenvalue weighted by atomic mass is 9.74. The smallest absolute Gasteiger partial charge is 0.225 e. The Morgan fingerprint density at radius 1 is 1.38 bits per heavy atom. The number of hydrogen-bond acceptors (Lipinski definition) is 4. The van der Waals surface area contributed by atoms with Crippen LogP contribution in [0, 0.1) is 12.8 Å². The number of nitrogens with one attached hydrogen (secondary N) is 1. The number of carbonyl (C=O) groups is 1. The van der Waals surface area contributed by atoms with Gasteiger partial charge in [-0.25, -0.2) is 0 Å². The summed E-state index contributed by atoms with van der Waals surface area (Å²) in [6, 6.07) is 6.11. The number of carbonyl (C=O) groups excluding carboxylic acids is 1. The molecule has 3 N–H and O–H groups in total.